The van der Waals surface area contributed by atoms with Crippen LogP contribution in [0.25, 0.3) is 0 Å². The molecular formula is C12H11NO2S. The third-order valence-corrected chi connectivity index (χ3v) is 3.19. The molecule has 0 saturated carbocycles. The molecule has 0 aliphatic heterocycles. The van der Waals surface area contributed by atoms with Crippen molar-refractivity contribution >= 4 is 17.3 Å². The zero-order valence-corrected chi connectivity index (χ0v) is 9.62. The Morgan fingerprint density at radius 1 is 1.38 bits per heavy atom. The second-order valence-corrected chi connectivity index (χ2v) is 4.50. The molecule has 0 fully saturated rings. The zero-order chi connectivity index (χ0) is 11.5. The van der Waals surface area contributed by atoms with E-state index in [1.807, 2.05) is 24.4 Å². The topological polar surface area (TPSA) is 50.2 Å². The van der Waals surface area contributed by atoms with Gasteiger partial charge in [0.05, 0.1) is 10.6 Å². The molecule has 4 heteroatoms. The van der Waals surface area contributed by atoms with Crippen molar-refractivity contribution in [3.05, 3.63) is 51.5 Å². The van der Waals surface area contributed by atoms with E-state index in [9.17, 15) is 4.79 Å². The van der Waals surface area contributed by atoms with Gasteiger partial charge >= 0.3 is 5.97 Å². The maximum atomic E-state index is 10.7. The van der Waals surface area contributed by atoms with Crippen LogP contribution in [0.1, 0.15) is 26.6 Å². The van der Waals surface area contributed by atoms with Crippen LogP contribution in [-0.2, 0) is 6.42 Å². The van der Waals surface area contributed by atoms with Crippen molar-refractivity contribution < 1.29 is 9.90 Å². The standard InChI is InChI=1S/C12H11NO2S/c1-8-7-16-11(13-8)6-9-2-4-10(5-3-9)12(14)15/h2-5,7H,6H2,1H3,(H,14,15). The summed E-state index contributed by atoms with van der Waals surface area (Å²) < 4.78 is 0. The van der Waals surface area contributed by atoms with E-state index >= 15 is 0 Å². The Labute approximate surface area is 97.4 Å². The van der Waals surface area contributed by atoms with Crippen molar-refractivity contribution in [1.82, 2.24) is 4.98 Å². The summed E-state index contributed by atoms with van der Waals surface area (Å²) in [7, 11) is 0. The van der Waals surface area contributed by atoms with E-state index in [4.69, 9.17) is 5.11 Å². The van der Waals surface area contributed by atoms with E-state index in [1.54, 1.807) is 23.5 Å². The molecule has 0 bridgehead atoms. The SMILES string of the molecule is Cc1csc(Cc2ccc(C(=O)O)cc2)n1. The minimum atomic E-state index is -0.892. The highest BCUT2D eigenvalue weighted by atomic mass is 32.1. The van der Waals surface area contributed by atoms with E-state index in [2.05, 4.69) is 4.98 Å². The Kier molecular flexibility index (Phi) is 3.01. The highest BCUT2D eigenvalue weighted by Crippen LogP contribution is 2.14. The van der Waals surface area contributed by atoms with Crippen LogP contribution in [0.4, 0.5) is 0 Å². The fourth-order valence-corrected chi connectivity index (χ4v) is 2.23. The number of nitrogens with zero attached hydrogens (tertiary/aromatic N) is 1. The van der Waals surface area contributed by atoms with Gasteiger partial charge < -0.3 is 5.11 Å². The van der Waals surface area contributed by atoms with Crippen LogP contribution in [0.5, 0.6) is 0 Å². The molecule has 2 aromatic rings. The van der Waals surface area contributed by atoms with Gasteiger partial charge in [0.25, 0.3) is 0 Å². The van der Waals surface area contributed by atoms with Crippen molar-refractivity contribution in [2.75, 3.05) is 0 Å². The van der Waals surface area contributed by atoms with Crippen molar-refractivity contribution in [3.63, 3.8) is 0 Å². The third kappa shape index (κ3) is 2.46. The summed E-state index contributed by atoms with van der Waals surface area (Å²) in [4.78, 5) is 15.0. The first-order valence-electron chi connectivity index (χ1n) is 4.88. The van der Waals surface area contributed by atoms with Crippen molar-refractivity contribution in [2.24, 2.45) is 0 Å². The first-order valence-corrected chi connectivity index (χ1v) is 5.76. The molecule has 2 rings (SSSR count). The number of carboxylic acid groups (broad SMARTS) is 1. The molecule has 0 atom stereocenters. The molecule has 1 aromatic carbocycles. The van der Waals surface area contributed by atoms with E-state index in [0.717, 1.165) is 22.7 Å². The molecule has 1 N–H and O–H groups in total. The van der Waals surface area contributed by atoms with E-state index in [-0.39, 0.29) is 0 Å². The molecule has 0 aliphatic rings. The van der Waals surface area contributed by atoms with Gasteiger partial charge in [-0.05, 0) is 24.6 Å². The summed E-state index contributed by atoms with van der Waals surface area (Å²) in [5, 5.41) is 11.8. The van der Waals surface area contributed by atoms with E-state index in [1.165, 1.54) is 0 Å². The molecule has 1 heterocycles. The lowest BCUT2D eigenvalue weighted by Crippen LogP contribution is -1.96. The summed E-state index contributed by atoms with van der Waals surface area (Å²) in [6.45, 7) is 1.97. The maximum absolute atomic E-state index is 10.7. The van der Waals surface area contributed by atoms with Gasteiger partial charge in [-0.25, -0.2) is 9.78 Å². The Bertz CT molecular complexity index is 502. The predicted molar refractivity (Wildman–Crippen MR) is 63.1 cm³/mol. The summed E-state index contributed by atoms with van der Waals surface area (Å²) in [5.74, 6) is -0.892. The average Bonchev–Trinajstić information content (AvgIpc) is 2.65. The lowest BCUT2D eigenvalue weighted by atomic mass is 10.1. The number of carbonyl (C=O) groups is 1. The predicted octanol–water partition coefficient (Wildman–Crippen LogP) is 2.74. The molecule has 16 heavy (non-hydrogen) atoms. The average molecular weight is 233 g/mol. The number of carboxylic acids is 1. The molecule has 0 unspecified atom stereocenters. The molecule has 3 nitrogen and oxygen atoms in total. The fourth-order valence-electron chi connectivity index (χ4n) is 1.42. The van der Waals surface area contributed by atoms with Gasteiger partial charge in [0.1, 0.15) is 0 Å². The second kappa shape index (κ2) is 4.45. The van der Waals surface area contributed by atoms with Crippen LogP contribution in [0.2, 0.25) is 0 Å². The van der Waals surface area contributed by atoms with Gasteiger partial charge in [-0.2, -0.15) is 0 Å². The Hall–Kier alpha value is -1.68. The first kappa shape index (κ1) is 10.8. The number of rotatable bonds is 3. The zero-order valence-electron chi connectivity index (χ0n) is 8.80. The number of hydrogen-bond donors (Lipinski definition) is 1. The molecule has 82 valence electrons. The summed E-state index contributed by atoms with van der Waals surface area (Å²) in [6, 6.07) is 6.91. The minimum Gasteiger partial charge on any atom is -0.478 e. The summed E-state index contributed by atoms with van der Waals surface area (Å²) in [6.07, 6.45) is 0.762. The molecule has 0 spiro atoms. The Morgan fingerprint density at radius 3 is 2.56 bits per heavy atom. The van der Waals surface area contributed by atoms with E-state index in [0.29, 0.717) is 5.56 Å². The molecule has 0 aliphatic carbocycles. The fraction of sp³-hybridized carbons (Fsp3) is 0.167. The number of aromatic nitrogens is 1. The van der Waals surface area contributed by atoms with Crippen LogP contribution in [0.15, 0.2) is 29.6 Å². The van der Waals surface area contributed by atoms with Crippen molar-refractivity contribution in [3.8, 4) is 0 Å². The summed E-state index contributed by atoms with van der Waals surface area (Å²) in [5.41, 5.74) is 2.43. The largest absolute Gasteiger partial charge is 0.478 e. The molecule has 0 radical (unpaired) electrons. The van der Waals surface area contributed by atoms with E-state index < -0.39 is 5.97 Å². The van der Waals surface area contributed by atoms with Gasteiger partial charge in [-0.15, -0.1) is 11.3 Å². The number of hydrogen-bond acceptors (Lipinski definition) is 3. The van der Waals surface area contributed by atoms with Crippen LogP contribution in [-0.4, -0.2) is 16.1 Å². The molecular weight excluding hydrogens is 222 g/mol. The molecule has 0 amide bonds. The molecule has 1 aromatic heterocycles. The van der Waals surface area contributed by atoms with Crippen LogP contribution >= 0.6 is 11.3 Å². The van der Waals surface area contributed by atoms with Crippen LogP contribution in [0, 0.1) is 6.92 Å². The number of aryl methyl sites for hydroxylation is 1. The van der Waals surface area contributed by atoms with Gasteiger partial charge in [-0.1, -0.05) is 12.1 Å². The van der Waals surface area contributed by atoms with Gasteiger partial charge in [-0.3, -0.25) is 0 Å². The lowest BCUT2D eigenvalue weighted by Gasteiger charge is -1.99. The lowest BCUT2D eigenvalue weighted by molar-refractivity contribution is 0.0697. The quantitative estimate of drug-likeness (QED) is 0.886. The van der Waals surface area contributed by atoms with Gasteiger partial charge in [0.15, 0.2) is 0 Å². The first-order chi connectivity index (χ1) is 7.65. The number of aromatic carboxylic acids is 1. The Balaban J connectivity index is 2.14. The molecule has 0 saturated heterocycles. The number of benzene rings is 1. The smallest absolute Gasteiger partial charge is 0.335 e. The maximum Gasteiger partial charge on any atom is 0.335 e. The number of thiazole rings is 1. The van der Waals surface area contributed by atoms with Crippen LogP contribution in [0.3, 0.4) is 0 Å². The normalized spacial score (nSPS) is 10.3. The minimum absolute atomic E-state index is 0.319. The van der Waals surface area contributed by atoms with Crippen LogP contribution < -0.4 is 0 Å². The third-order valence-electron chi connectivity index (χ3n) is 2.22. The van der Waals surface area contributed by atoms with Gasteiger partial charge in [0.2, 0.25) is 0 Å². The Morgan fingerprint density at radius 2 is 2.06 bits per heavy atom. The highest BCUT2D eigenvalue weighted by Gasteiger charge is 2.04. The second-order valence-electron chi connectivity index (χ2n) is 3.56. The monoisotopic (exact) mass is 233 g/mol. The highest BCUT2D eigenvalue weighted by molar-refractivity contribution is 7.09. The van der Waals surface area contributed by atoms with Crippen molar-refractivity contribution in [2.45, 2.75) is 13.3 Å². The van der Waals surface area contributed by atoms with Gasteiger partial charge in [0, 0.05) is 17.5 Å². The summed E-state index contributed by atoms with van der Waals surface area (Å²) >= 11 is 1.63. The van der Waals surface area contributed by atoms with Crippen molar-refractivity contribution in [1.29, 1.82) is 0 Å².